The maximum atomic E-state index is 13.2. The minimum absolute atomic E-state index is 0.0155. The predicted octanol–water partition coefficient (Wildman–Crippen LogP) is 2.53. The minimum atomic E-state index is -0.647. The number of nitrogens with zero attached hydrogens (tertiary/aromatic N) is 4. The highest BCUT2D eigenvalue weighted by Crippen LogP contribution is 2.29. The average molecular weight is 352 g/mol. The van der Waals surface area contributed by atoms with Gasteiger partial charge in [0.2, 0.25) is 0 Å². The molecular formula is C19H24N6O. The number of piperidine rings is 1. The maximum absolute atomic E-state index is 13.2. The third kappa shape index (κ3) is 2.88. The molecule has 1 aliphatic rings. The van der Waals surface area contributed by atoms with E-state index in [0.29, 0.717) is 18.9 Å². The lowest BCUT2D eigenvalue weighted by Crippen LogP contribution is -2.52. The fourth-order valence-corrected chi connectivity index (χ4v) is 3.56. The number of carbonyl (C=O) groups is 1. The molecule has 1 aliphatic heterocycles. The van der Waals surface area contributed by atoms with Gasteiger partial charge in [-0.2, -0.15) is 10.2 Å². The van der Waals surface area contributed by atoms with Crippen molar-refractivity contribution < 1.29 is 4.79 Å². The fourth-order valence-electron chi connectivity index (χ4n) is 3.56. The van der Waals surface area contributed by atoms with Gasteiger partial charge in [-0.25, -0.2) is 0 Å². The van der Waals surface area contributed by atoms with Gasteiger partial charge < -0.3 is 10.6 Å². The number of amides is 1. The third-order valence-electron chi connectivity index (χ3n) is 5.11. The van der Waals surface area contributed by atoms with Gasteiger partial charge in [0.05, 0.1) is 5.52 Å². The second-order valence-electron chi connectivity index (χ2n) is 7.16. The highest BCUT2D eigenvalue weighted by molar-refractivity contribution is 5.98. The first-order valence-electron chi connectivity index (χ1n) is 9.10. The van der Waals surface area contributed by atoms with Crippen molar-refractivity contribution in [1.82, 2.24) is 24.9 Å². The number of nitrogens with one attached hydrogen (secondary N) is 2. The molecule has 0 saturated carbocycles. The van der Waals surface area contributed by atoms with E-state index < -0.39 is 5.54 Å². The summed E-state index contributed by atoms with van der Waals surface area (Å²) >= 11 is 0. The molecule has 0 bridgehead atoms. The standard InChI is InChI=1S/C19H24N6O/c1-14(2)24-13-15-12-16(4-5-17(15)23-24)22-18(26)19(6-9-20-10-7-19)25-11-3-8-21-25/h3-5,8,11-14,20H,6-7,9-10H2,1-2H3,(H,22,26). The summed E-state index contributed by atoms with van der Waals surface area (Å²) in [7, 11) is 0. The summed E-state index contributed by atoms with van der Waals surface area (Å²) < 4.78 is 3.74. The van der Waals surface area contributed by atoms with Crippen molar-refractivity contribution in [2.24, 2.45) is 0 Å². The van der Waals surface area contributed by atoms with Crippen LogP contribution >= 0.6 is 0 Å². The second-order valence-corrected chi connectivity index (χ2v) is 7.16. The second kappa shape index (κ2) is 6.57. The Morgan fingerprint density at radius 2 is 2.12 bits per heavy atom. The van der Waals surface area contributed by atoms with Crippen LogP contribution in [0.1, 0.15) is 32.7 Å². The van der Waals surface area contributed by atoms with Crippen molar-refractivity contribution in [3.05, 3.63) is 42.9 Å². The summed E-state index contributed by atoms with van der Waals surface area (Å²) in [5, 5.41) is 16.4. The van der Waals surface area contributed by atoms with E-state index in [9.17, 15) is 4.79 Å². The molecule has 3 heterocycles. The Morgan fingerprint density at radius 3 is 2.81 bits per heavy atom. The lowest BCUT2D eigenvalue weighted by molar-refractivity contribution is -0.126. The first kappa shape index (κ1) is 16.8. The highest BCUT2D eigenvalue weighted by Gasteiger charge is 2.42. The van der Waals surface area contributed by atoms with Crippen molar-refractivity contribution in [3.63, 3.8) is 0 Å². The lowest BCUT2D eigenvalue weighted by Gasteiger charge is -2.36. The minimum Gasteiger partial charge on any atom is -0.324 e. The fraction of sp³-hybridized carbons (Fsp3) is 0.421. The van der Waals surface area contributed by atoms with Crippen LogP contribution in [0.3, 0.4) is 0 Å². The lowest BCUT2D eigenvalue weighted by atomic mass is 9.87. The van der Waals surface area contributed by atoms with E-state index in [1.807, 2.05) is 41.3 Å². The van der Waals surface area contributed by atoms with Gasteiger partial charge in [0, 0.05) is 35.7 Å². The molecule has 1 saturated heterocycles. The van der Waals surface area contributed by atoms with E-state index in [1.165, 1.54) is 0 Å². The summed E-state index contributed by atoms with van der Waals surface area (Å²) in [5.41, 5.74) is 1.07. The van der Waals surface area contributed by atoms with E-state index in [0.717, 1.165) is 29.7 Å². The van der Waals surface area contributed by atoms with Crippen LogP contribution in [0.4, 0.5) is 5.69 Å². The number of carbonyl (C=O) groups excluding carboxylic acids is 1. The molecular weight excluding hydrogens is 328 g/mol. The topological polar surface area (TPSA) is 76.8 Å². The van der Waals surface area contributed by atoms with Crippen molar-refractivity contribution >= 4 is 22.5 Å². The number of hydrogen-bond acceptors (Lipinski definition) is 4. The first-order chi connectivity index (χ1) is 12.6. The van der Waals surface area contributed by atoms with Crippen molar-refractivity contribution in [2.75, 3.05) is 18.4 Å². The van der Waals surface area contributed by atoms with Crippen LogP contribution in [0.25, 0.3) is 10.9 Å². The molecule has 26 heavy (non-hydrogen) atoms. The molecule has 1 amide bonds. The molecule has 7 nitrogen and oxygen atoms in total. The van der Waals surface area contributed by atoms with Crippen LogP contribution in [-0.4, -0.2) is 38.6 Å². The van der Waals surface area contributed by atoms with E-state index in [4.69, 9.17) is 0 Å². The zero-order valence-electron chi connectivity index (χ0n) is 15.1. The van der Waals surface area contributed by atoms with Gasteiger partial charge in [-0.05, 0) is 64.0 Å². The van der Waals surface area contributed by atoms with Crippen LogP contribution in [-0.2, 0) is 10.3 Å². The van der Waals surface area contributed by atoms with Gasteiger partial charge in [0.25, 0.3) is 5.91 Å². The SMILES string of the molecule is CC(C)n1cc2cc(NC(=O)C3(n4cccn4)CCNCC3)ccc2n1. The summed E-state index contributed by atoms with van der Waals surface area (Å²) in [4.78, 5) is 13.2. The predicted molar refractivity (Wildman–Crippen MR) is 101 cm³/mol. The van der Waals surface area contributed by atoms with Crippen LogP contribution in [0.2, 0.25) is 0 Å². The van der Waals surface area contributed by atoms with Gasteiger partial charge in [-0.3, -0.25) is 14.2 Å². The van der Waals surface area contributed by atoms with Crippen LogP contribution in [0.5, 0.6) is 0 Å². The van der Waals surface area contributed by atoms with E-state index in [-0.39, 0.29) is 5.91 Å². The molecule has 1 aromatic carbocycles. The molecule has 7 heteroatoms. The number of aromatic nitrogens is 4. The number of fused-ring (bicyclic) bond motifs is 1. The molecule has 2 N–H and O–H groups in total. The van der Waals surface area contributed by atoms with Gasteiger partial charge in [-0.15, -0.1) is 0 Å². The quantitative estimate of drug-likeness (QED) is 0.756. The molecule has 136 valence electrons. The molecule has 0 atom stereocenters. The van der Waals surface area contributed by atoms with E-state index in [1.54, 1.807) is 10.9 Å². The Kier molecular flexibility index (Phi) is 4.24. The monoisotopic (exact) mass is 352 g/mol. The van der Waals surface area contributed by atoms with Gasteiger partial charge in [-0.1, -0.05) is 0 Å². The highest BCUT2D eigenvalue weighted by atomic mass is 16.2. The van der Waals surface area contributed by atoms with Crippen molar-refractivity contribution in [1.29, 1.82) is 0 Å². The zero-order valence-corrected chi connectivity index (χ0v) is 15.1. The molecule has 3 aromatic rings. The van der Waals surface area contributed by atoms with Crippen molar-refractivity contribution in [3.8, 4) is 0 Å². The van der Waals surface area contributed by atoms with Gasteiger partial charge >= 0.3 is 0 Å². The Hall–Kier alpha value is -2.67. The smallest absolute Gasteiger partial charge is 0.252 e. The molecule has 1 fully saturated rings. The molecule has 0 aliphatic carbocycles. The molecule has 0 unspecified atom stereocenters. The average Bonchev–Trinajstić information content (AvgIpc) is 3.32. The Balaban J connectivity index is 1.62. The molecule has 2 aromatic heterocycles. The number of benzene rings is 1. The molecule has 0 radical (unpaired) electrons. The summed E-state index contributed by atoms with van der Waals surface area (Å²) in [6.45, 7) is 5.79. The van der Waals surface area contributed by atoms with Crippen LogP contribution in [0.15, 0.2) is 42.9 Å². The van der Waals surface area contributed by atoms with E-state index >= 15 is 0 Å². The summed E-state index contributed by atoms with van der Waals surface area (Å²) in [6, 6.07) is 8.02. The van der Waals surface area contributed by atoms with Gasteiger partial charge in [0.1, 0.15) is 5.54 Å². The Morgan fingerprint density at radius 1 is 1.31 bits per heavy atom. The number of rotatable bonds is 4. The molecule has 4 rings (SSSR count). The normalized spacial score (nSPS) is 16.9. The van der Waals surface area contributed by atoms with Crippen LogP contribution in [0, 0.1) is 0 Å². The Labute approximate surface area is 152 Å². The van der Waals surface area contributed by atoms with Crippen molar-refractivity contribution in [2.45, 2.75) is 38.3 Å². The largest absolute Gasteiger partial charge is 0.324 e. The molecule has 0 spiro atoms. The maximum Gasteiger partial charge on any atom is 0.252 e. The summed E-state index contributed by atoms with van der Waals surface area (Å²) in [6.07, 6.45) is 7.05. The summed E-state index contributed by atoms with van der Waals surface area (Å²) in [5.74, 6) is -0.0155. The van der Waals surface area contributed by atoms with Gasteiger partial charge in [0.15, 0.2) is 0 Å². The van der Waals surface area contributed by atoms with Crippen LogP contribution < -0.4 is 10.6 Å². The zero-order chi connectivity index (χ0) is 18.1. The first-order valence-corrected chi connectivity index (χ1v) is 9.10. The Bertz CT molecular complexity index is 905. The number of anilines is 1. The third-order valence-corrected chi connectivity index (χ3v) is 5.11. The number of hydrogen-bond donors (Lipinski definition) is 2. The van der Waals surface area contributed by atoms with E-state index in [2.05, 4.69) is 34.7 Å².